The molecule has 0 spiro atoms. The van der Waals surface area contributed by atoms with Crippen molar-refractivity contribution in [3.63, 3.8) is 0 Å². The Bertz CT molecular complexity index is 347. The third-order valence-corrected chi connectivity index (χ3v) is 2.42. The first-order valence-electron chi connectivity index (χ1n) is 5.06. The summed E-state index contributed by atoms with van der Waals surface area (Å²) in [6, 6.07) is 2.07. The standard InChI is InChI=1S/C11H16N2O/c1-7(2)10-8(3)6-9-11(13-10)12-4-5-14-9/h6-7H,4-5H2,1-3H3,(H,12,13). The van der Waals surface area contributed by atoms with Crippen LogP contribution in [0.15, 0.2) is 6.07 Å². The van der Waals surface area contributed by atoms with Crippen LogP contribution in [0.5, 0.6) is 5.75 Å². The van der Waals surface area contributed by atoms with Crippen molar-refractivity contribution in [2.24, 2.45) is 0 Å². The minimum atomic E-state index is 0.462. The fraction of sp³-hybridized carbons (Fsp3) is 0.545. The van der Waals surface area contributed by atoms with Crippen LogP contribution in [0.4, 0.5) is 5.82 Å². The van der Waals surface area contributed by atoms with E-state index in [2.05, 4.69) is 37.1 Å². The van der Waals surface area contributed by atoms with Gasteiger partial charge in [-0.3, -0.25) is 0 Å². The van der Waals surface area contributed by atoms with E-state index >= 15 is 0 Å². The van der Waals surface area contributed by atoms with Gasteiger partial charge in [-0.05, 0) is 24.5 Å². The summed E-state index contributed by atoms with van der Waals surface area (Å²) in [5.74, 6) is 2.24. The van der Waals surface area contributed by atoms with Crippen LogP contribution in [0, 0.1) is 6.92 Å². The van der Waals surface area contributed by atoms with Crippen LogP contribution in [0.1, 0.15) is 31.0 Å². The van der Waals surface area contributed by atoms with Crippen LogP contribution in [-0.4, -0.2) is 18.1 Å². The summed E-state index contributed by atoms with van der Waals surface area (Å²) in [4.78, 5) is 4.58. The molecule has 0 amide bonds. The molecule has 0 saturated carbocycles. The summed E-state index contributed by atoms with van der Waals surface area (Å²) in [7, 11) is 0. The highest BCUT2D eigenvalue weighted by Gasteiger charge is 2.15. The predicted octanol–water partition coefficient (Wildman–Crippen LogP) is 2.32. The first-order valence-corrected chi connectivity index (χ1v) is 5.06. The minimum Gasteiger partial charge on any atom is -0.488 e. The summed E-state index contributed by atoms with van der Waals surface area (Å²) in [6.45, 7) is 7.98. The van der Waals surface area contributed by atoms with Crippen molar-refractivity contribution in [2.45, 2.75) is 26.7 Å². The number of pyridine rings is 1. The van der Waals surface area contributed by atoms with E-state index in [1.165, 1.54) is 5.56 Å². The van der Waals surface area contributed by atoms with E-state index in [1.54, 1.807) is 0 Å². The number of nitrogens with one attached hydrogen (secondary N) is 1. The Morgan fingerprint density at radius 1 is 1.50 bits per heavy atom. The molecule has 2 heterocycles. The number of rotatable bonds is 1. The van der Waals surface area contributed by atoms with Gasteiger partial charge in [-0.2, -0.15) is 0 Å². The molecule has 0 fully saturated rings. The third-order valence-electron chi connectivity index (χ3n) is 2.42. The molecule has 0 saturated heterocycles. The second kappa shape index (κ2) is 3.48. The number of aryl methyl sites for hydroxylation is 1. The lowest BCUT2D eigenvalue weighted by Gasteiger charge is -2.20. The number of aromatic nitrogens is 1. The van der Waals surface area contributed by atoms with Gasteiger partial charge in [0.05, 0.1) is 6.54 Å². The summed E-state index contributed by atoms with van der Waals surface area (Å²) in [6.07, 6.45) is 0. The first-order chi connectivity index (χ1) is 6.68. The molecule has 0 radical (unpaired) electrons. The number of hydrogen-bond acceptors (Lipinski definition) is 3. The average Bonchev–Trinajstić information content (AvgIpc) is 2.16. The van der Waals surface area contributed by atoms with Crippen molar-refractivity contribution in [3.8, 4) is 5.75 Å². The SMILES string of the molecule is Cc1cc2c(nc1C(C)C)NCCO2. The van der Waals surface area contributed by atoms with Gasteiger partial charge in [-0.1, -0.05) is 13.8 Å². The topological polar surface area (TPSA) is 34.2 Å². The van der Waals surface area contributed by atoms with E-state index in [-0.39, 0.29) is 0 Å². The van der Waals surface area contributed by atoms with Crippen molar-refractivity contribution in [1.82, 2.24) is 4.98 Å². The van der Waals surface area contributed by atoms with E-state index in [0.717, 1.165) is 30.4 Å². The predicted molar refractivity (Wildman–Crippen MR) is 57.0 cm³/mol. The lowest BCUT2D eigenvalue weighted by atomic mass is 10.0. The van der Waals surface area contributed by atoms with Gasteiger partial charge >= 0.3 is 0 Å². The Labute approximate surface area is 84.5 Å². The number of fused-ring (bicyclic) bond motifs is 1. The molecule has 3 heteroatoms. The largest absolute Gasteiger partial charge is 0.488 e. The molecule has 0 aromatic carbocycles. The molecule has 3 nitrogen and oxygen atoms in total. The number of nitrogens with zero attached hydrogens (tertiary/aromatic N) is 1. The quantitative estimate of drug-likeness (QED) is 0.741. The molecule has 14 heavy (non-hydrogen) atoms. The van der Waals surface area contributed by atoms with Crippen LogP contribution < -0.4 is 10.1 Å². The van der Waals surface area contributed by atoms with Gasteiger partial charge in [0, 0.05) is 5.69 Å². The molecule has 0 unspecified atom stereocenters. The molecule has 0 bridgehead atoms. The third kappa shape index (κ3) is 1.54. The Kier molecular flexibility index (Phi) is 2.32. The zero-order valence-electron chi connectivity index (χ0n) is 8.92. The van der Waals surface area contributed by atoms with Gasteiger partial charge in [0.25, 0.3) is 0 Å². The van der Waals surface area contributed by atoms with E-state index in [1.807, 2.05) is 0 Å². The van der Waals surface area contributed by atoms with Gasteiger partial charge in [-0.15, -0.1) is 0 Å². The average molecular weight is 192 g/mol. The Morgan fingerprint density at radius 2 is 2.29 bits per heavy atom. The maximum Gasteiger partial charge on any atom is 0.169 e. The Morgan fingerprint density at radius 3 is 3.00 bits per heavy atom. The zero-order valence-corrected chi connectivity index (χ0v) is 8.92. The Balaban J connectivity index is 2.45. The lowest BCUT2D eigenvalue weighted by molar-refractivity contribution is 0.320. The van der Waals surface area contributed by atoms with Crippen LogP contribution >= 0.6 is 0 Å². The summed E-state index contributed by atoms with van der Waals surface area (Å²) >= 11 is 0. The molecule has 76 valence electrons. The summed E-state index contributed by atoms with van der Waals surface area (Å²) in [5.41, 5.74) is 2.37. The zero-order chi connectivity index (χ0) is 10.1. The van der Waals surface area contributed by atoms with Gasteiger partial charge in [-0.25, -0.2) is 4.98 Å². The highest BCUT2D eigenvalue weighted by molar-refractivity contribution is 5.54. The van der Waals surface area contributed by atoms with E-state index in [9.17, 15) is 0 Å². The van der Waals surface area contributed by atoms with Crippen molar-refractivity contribution in [1.29, 1.82) is 0 Å². The minimum absolute atomic E-state index is 0.462. The number of anilines is 1. The molecule has 0 aliphatic carbocycles. The van der Waals surface area contributed by atoms with Gasteiger partial charge < -0.3 is 10.1 Å². The van der Waals surface area contributed by atoms with Gasteiger partial charge in [0.15, 0.2) is 11.6 Å². The van der Waals surface area contributed by atoms with Crippen molar-refractivity contribution in [2.75, 3.05) is 18.5 Å². The number of ether oxygens (including phenoxy) is 1. The maximum absolute atomic E-state index is 5.51. The van der Waals surface area contributed by atoms with E-state index in [0.29, 0.717) is 5.92 Å². The summed E-state index contributed by atoms with van der Waals surface area (Å²) in [5, 5.41) is 3.25. The molecule has 1 aliphatic rings. The van der Waals surface area contributed by atoms with Crippen molar-refractivity contribution < 1.29 is 4.74 Å². The fourth-order valence-corrected chi connectivity index (χ4v) is 1.75. The Hall–Kier alpha value is -1.25. The molecular weight excluding hydrogens is 176 g/mol. The van der Waals surface area contributed by atoms with Gasteiger partial charge in [0.1, 0.15) is 6.61 Å². The number of hydrogen-bond donors (Lipinski definition) is 1. The molecule has 1 aromatic rings. The highest BCUT2D eigenvalue weighted by Crippen LogP contribution is 2.29. The fourth-order valence-electron chi connectivity index (χ4n) is 1.75. The van der Waals surface area contributed by atoms with Crippen molar-refractivity contribution in [3.05, 3.63) is 17.3 Å². The van der Waals surface area contributed by atoms with E-state index in [4.69, 9.17) is 4.74 Å². The van der Waals surface area contributed by atoms with Crippen LogP contribution in [0.3, 0.4) is 0 Å². The molecule has 1 N–H and O–H groups in total. The molecule has 1 aliphatic heterocycles. The summed E-state index contributed by atoms with van der Waals surface area (Å²) < 4.78 is 5.51. The molecule has 1 aromatic heterocycles. The molecule has 2 rings (SSSR count). The normalized spacial score (nSPS) is 14.6. The van der Waals surface area contributed by atoms with Crippen LogP contribution in [-0.2, 0) is 0 Å². The first kappa shape index (κ1) is 9.31. The van der Waals surface area contributed by atoms with Crippen LogP contribution in [0.2, 0.25) is 0 Å². The highest BCUT2D eigenvalue weighted by atomic mass is 16.5. The van der Waals surface area contributed by atoms with Crippen LogP contribution in [0.25, 0.3) is 0 Å². The maximum atomic E-state index is 5.51. The second-order valence-electron chi connectivity index (χ2n) is 3.97. The molecular formula is C11H16N2O. The van der Waals surface area contributed by atoms with E-state index < -0.39 is 0 Å². The van der Waals surface area contributed by atoms with Gasteiger partial charge in [0.2, 0.25) is 0 Å². The van der Waals surface area contributed by atoms with Crippen molar-refractivity contribution >= 4 is 5.82 Å². The molecule has 0 atom stereocenters. The second-order valence-corrected chi connectivity index (χ2v) is 3.97. The lowest BCUT2D eigenvalue weighted by Crippen LogP contribution is -2.20. The monoisotopic (exact) mass is 192 g/mol. The smallest absolute Gasteiger partial charge is 0.169 e.